The Morgan fingerprint density at radius 1 is 1.24 bits per heavy atom. The van der Waals surface area contributed by atoms with Crippen molar-refractivity contribution in [3.63, 3.8) is 0 Å². The van der Waals surface area contributed by atoms with Gasteiger partial charge in [0.15, 0.2) is 0 Å². The molecule has 4 heterocycles. The second-order valence-electron chi connectivity index (χ2n) is 7.41. The number of anilines is 1. The van der Waals surface area contributed by atoms with Gasteiger partial charge in [-0.05, 0) is 25.7 Å². The van der Waals surface area contributed by atoms with E-state index in [0.29, 0.717) is 12.1 Å². The molecular formula is C15H22N4OS. The fraction of sp³-hybridized carbons (Fsp3) is 0.733. The Balaban J connectivity index is 1.67. The molecule has 2 atom stereocenters. The first kappa shape index (κ1) is 13.5. The predicted molar refractivity (Wildman–Crippen MR) is 84.1 cm³/mol. The zero-order valence-corrected chi connectivity index (χ0v) is 13.6. The minimum absolute atomic E-state index is 0.0574. The Kier molecular flexibility index (Phi) is 2.85. The van der Waals surface area contributed by atoms with Crippen LogP contribution < -0.4 is 4.90 Å². The van der Waals surface area contributed by atoms with Crippen LogP contribution in [0.2, 0.25) is 0 Å². The first-order valence-electron chi connectivity index (χ1n) is 7.75. The van der Waals surface area contributed by atoms with Gasteiger partial charge in [0.1, 0.15) is 0 Å². The van der Waals surface area contributed by atoms with Crippen LogP contribution in [-0.4, -0.2) is 37.9 Å². The van der Waals surface area contributed by atoms with Crippen molar-refractivity contribution < 1.29 is 5.11 Å². The minimum Gasteiger partial charge on any atom is -0.393 e. The van der Waals surface area contributed by atoms with Crippen molar-refractivity contribution >= 4 is 21.4 Å². The van der Waals surface area contributed by atoms with Gasteiger partial charge in [0, 0.05) is 17.5 Å². The number of aliphatic hydroxyl groups excluding tert-OH is 1. The molecule has 114 valence electrons. The Bertz CT molecular complexity index is 625. The van der Waals surface area contributed by atoms with Crippen molar-refractivity contribution in [3.8, 4) is 0 Å². The number of hydrogen-bond acceptors (Lipinski definition) is 5. The van der Waals surface area contributed by atoms with E-state index in [4.69, 9.17) is 10.1 Å². The van der Waals surface area contributed by atoms with Gasteiger partial charge in [0.05, 0.1) is 18.0 Å². The molecule has 2 aliphatic rings. The van der Waals surface area contributed by atoms with E-state index in [9.17, 15) is 5.11 Å². The van der Waals surface area contributed by atoms with Crippen LogP contribution in [0.3, 0.4) is 0 Å². The molecule has 1 N–H and O–H groups in total. The molecule has 2 bridgehead atoms. The largest absolute Gasteiger partial charge is 0.393 e. The zero-order chi connectivity index (χ0) is 14.8. The molecule has 0 radical (unpaired) electrons. The van der Waals surface area contributed by atoms with Crippen LogP contribution in [0.15, 0.2) is 6.20 Å². The minimum atomic E-state index is -0.129. The Morgan fingerprint density at radius 3 is 2.48 bits per heavy atom. The van der Waals surface area contributed by atoms with Crippen LogP contribution in [0, 0.1) is 0 Å². The number of hydrogen-bond donors (Lipinski definition) is 1. The normalized spacial score (nSPS) is 29.5. The average Bonchev–Trinajstić information content (AvgIpc) is 2.98. The van der Waals surface area contributed by atoms with Crippen molar-refractivity contribution in [1.82, 2.24) is 14.6 Å². The highest BCUT2D eigenvalue weighted by molar-refractivity contribution is 7.20. The van der Waals surface area contributed by atoms with E-state index in [1.165, 1.54) is 12.8 Å². The fourth-order valence-corrected chi connectivity index (χ4v) is 4.64. The maximum Gasteiger partial charge on any atom is 0.214 e. The highest BCUT2D eigenvalue weighted by Crippen LogP contribution is 2.41. The highest BCUT2D eigenvalue weighted by Gasteiger charge is 2.41. The van der Waals surface area contributed by atoms with Crippen molar-refractivity contribution in [3.05, 3.63) is 11.9 Å². The third-order valence-electron chi connectivity index (χ3n) is 4.73. The van der Waals surface area contributed by atoms with E-state index in [-0.39, 0.29) is 11.5 Å². The Morgan fingerprint density at radius 2 is 1.90 bits per heavy atom. The fourth-order valence-electron chi connectivity index (χ4n) is 3.62. The molecule has 21 heavy (non-hydrogen) atoms. The first-order valence-corrected chi connectivity index (χ1v) is 8.56. The number of imidazole rings is 1. The monoisotopic (exact) mass is 306 g/mol. The van der Waals surface area contributed by atoms with E-state index in [1.807, 2.05) is 4.52 Å². The molecule has 0 aliphatic carbocycles. The van der Waals surface area contributed by atoms with Crippen molar-refractivity contribution in [2.75, 3.05) is 4.90 Å². The van der Waals surface area contributed by atoms with Gasteiger partial charge in [0.2, 0.25) is 10.1 Å². The molecule has 4 rings (SSSR count). The number of rotatable bonds is 1. The maximum absolute atomic E-state index is 9.92. The molecule has 0 saturated carbocycles. The van der Waals surface area contributed by atoms with Crippen LogP contribution in [-0.2, 0) is 5.41 Å². The number of nitrogens with zero attached hydrogens (tertiary/aromatic N) is 4. The molecule has 0 aromatic carbocycles. The molecule has 0 amide bonds. The number of aliphatic hydroxyl groups is 1. The van der Waals surface area contributed by atoms with Crippen LogP contribution >= 0.6 is 11.3 Å². The molecule has 6 heteroatoms. The lowest BCUT2D eigenvalue weighted by Crippen LogP contribution is -2.44. The number of aromatic nitrogens is 3. The third kappa shape index (κ3) is 2.16. The van der Waals surface area contributed by atoms with Crippen molar-refractivity contribution in [1.29, 1.82) is 0 Å². The predicted octanol–water partition coefficient (Wildman–Crippen LogP) is 2.58. The van der Waals surface area contributed by atoms with Crippen molar-refractivity contribution in [2.45, 2.75) is 70.1 Å². The summed E-state index contributed by atoms with van der Waals surface area (Å²) in [7, 11) is 0. The van der Waals surface area contributed by atoms with Gasteiger partial charge in [-0.2, -0.15) is 0 Å². The molecular weight excluding hydrogens is 284 g/mol. The molecule has 2 aliphatic heterocycles. The quantitative estimate of drug-likeness (QED) is 0.880. The topological polar surface area (TPSA) is 53.7 Å². The van der Waals surface area contributed by atoms with Crippen molar-refractivity contribution in [2.24, 2.45) is 0 Å². The summed E-state index contributed by atoms with van der Waals surface area (Å²) in [5.74, 6) is 0. The van der Waals surface area contributed by atoms with Gasteiger partial charge in [-0.15, -0.1) is 5.10 Å². The lowest BCUT2D eigenvalue weighted by Gasteiger charge is -2.36. The summed E-state index contributed by atoms with van der Waals surface area (Å²) in [6.45, 7) is 6.52. The Labute approximate surface area is 128 Å². The summed E-state index contributed by atoms with van der Waals surface area (Å²) in [6, 6.07) is 0.911. The van der Waals surface area contributed by atoms with Gasteiger partial charge in [-0.25, -0.2) is 9.50 Å². The second-order valence-corrected chi connectivity index (χ2v) is 8.34. The van der Waals surface area contributed by atoms with Gasteiger partial charge >= 0.3 is 0 Å². The summed E-state index contributed by atoms with van der Waals surface area (Å²) >= 11 is 1.67. The molecule has 0 spiro atoms. The van der Waals surface area contributed by atoms with Crippen LogP contribution in [0.5, 0.6) is 0 Å². The molecule has 2 aromatic rings. The Hall–Kier alpha value is -1.14. The van der Waals surface area contributed by atoms with Gasteiger partial charge in [-0.1, -0.05) is 32.1 Å². The number of piperidine rings is 1. The van der Waals surface area contributed by atoms with E-state index in [0.717, 1.165) is 28.6 Å². The summed E-state index contributed by atoms with van der Waals surface area (Å²) in [6.07, 6.45) is 6.04. The summed E-state index contributed by atoms with van der Waals surface area (Å²) < 4.78 is 1.92. The third-order valence-corrected chi connectivity index (χ3v) is 5.67. The van der Waals surface area contributed by atoms with Gasteiger partial charge < -0.3 is 10.0 Å². The second kappa shape index (κ2) is 4.43. The summed E-state index contributed by atoms with van der Waals surface area (Å²) in [5, 5.41) is 15.7. The highest BCUT2D eigenvalue weighted by atomic mass is 32.1. The molecule has 2 saturated heterocycles. The van der Waals surface area contributed by atoms with Crippen LogP contribution in [0.1, 0.15) is 52.1 Å². The number of fused-ring (bicyclic) bond motifs is 3. The maximum atomic E-state index is 9.92. The van der Waals surface area contributed by atoms with E-state index >= 15 is 0 Å². The zero-order valence-electron chi connectivity index (χ0n) is 12.8. The molecule has 2 aromatic heterocycles. The smallest absolute Gasteiger partial charge is 0.214 e. The molecule has 2 unspecified atom stereocenters. The van der Waals surface area contributed by atoms with E-state index < -0.39 is 0 Å². The van der Waals surface area contributed by atoms with Crippen LogP contribution in [0.4, 0.5) is 5.13 Å². The first-order chi connectivity index (χ1) is 9.91. The average molecular weight is 306 g/mol. The molecule has 2 fully saturated rings. The van der Waals surface area contributed by atoms with E-state index in [1.54, 1.807) is 11.3 Å². The lowest BCUT2D eigenvalue weighted by molar-refractivity contribution is 0.126. The van der Waals surface area contributed by atoms with Gasteiger partial charge in [-0.3, -0.25) is 0 Å². The van der Waals surface area contributed by atoms with Gasteiger partial charge in [0.25, 0.3) is 0 Å². The standard InChI is InChI=1S/C15H22N4OS/c1-15(2,3)12-8-18-13(16-12)21-14(17-18)19-9-4-5-10(19)7-11(20)6-9/h8-11,20H,4-7H2,1-3H3. The van der Waals surface area contributed by atoms with Crippen LogP contribution in [0.25, 0.3) is 4.96 Å². The summed E-state index contributed by atoms with van der Waals surface area (Å²) in [4.78, 5) is 8.13. The molecule has 5 nitrogen and oxygen atoms in total. The summed E-state index contributed by atoms with van der Waals surface area (Å²) in [5.41, 5.74) is 1.15. The van der Waals surface area contributed by atoms with E-state index in [2.05, 4.69) is 31.9 Å². The lowest BCUT2D eigenvalue weighted by atomic mass is 9.93. The SMILES string of the molecule is CC(C)(C)c1cn2nc(N3C4CCC3CC(O)C4)sc2n1.